The van der Waals surface area contributed by atoms with Crippen LogP contribution in [0.4, 0.5) is 0 Å². The molecule has 0 bridgehead atoms. The highest BCUT2D eigenvalue weighted by atomic mass is 16.3. The maximum Gasteiger partial charge on any atom is 0.162 e. The molecule has 3 unspecified atom stereocenters. The average Bonchev–Trinajstić information content (AvgIpc) is 2.37. The SMILES string of the molecule is CC(=O)C1(O)CCC2CCCCC2C1(C(C)=O)C(C)=O. The Balaban J connectivity index is 2.63. The predicted molar refractivity (Wildman–Crippen MR) is 74.1 cm³/mol. The summed E-state index contributed by atoms with van der Waals surface area (Å²) in [6, 6.07) is 0. The molecule has 2 aliphatic rings. The second-order valence-corrected chi connectivity index (χ2v) is 6.53. The van der Waals surface area contributed by atoms with Crippen LogP contribution in [0.2, 0.25) is 0 Å². The molecule has 0 heterocycles. The number of aliphatic hydroxyl groups is 1. The molecular weight excluding hydrogens is 256 g/mol. The van der Waals surface area contributed by atoms with Crippen molar-refractivity contribution in [3.8, 4) is 0 Å². The minimum atomic E-state index is -1.82. The number of rotatable bonds is 3. The van der Waals surface area contributed by atoms with E-state index in [1.807, 2.05) is 0 Å². The van der Waals surface area contributed by atoms with E-state index in [1.165, 1.54) is 20.8 Å². The van der Waals surface area contributed by atoms with Gasteiger partial charge in [-0.3, -0.25) is 14.4 Å². The zero-order valence-electron chi connectivity index (χ0n) is 12.6. The summed E-state index contributed by atoms with van der Waals surface area (Å²) in [6.45, 7) is 4.00. The third-order valence-electron chi connectivity index (χ3n) is 5.69. The normalized spacial score (nSPS) is 36.0. The molecule has 2 saturated carbocycles. The molecule has 4 heteroatoms. The van der Waals surface area contributed by atoms with Crippen LogP contribution in [0.15, 0.2) is 0 Å². The van der Waals surface area contributed by atoms with Gasteiger partial charge in [-0.1, -0.05) is 19.3 Å². The zero-order valence-corrected chi connectivity index (χ0v) is 12.6. The van der Waals surface area contributed by atoms with Gasteiger partial charge in [0, 0.05) is 0 Å². The second kappa shape index (κ2) is 5.06. The quantitative estimate of drug-likeness (QED) is 0.803. The number of hydrogen-bond acceptors (Lipinski definition) is 4. The minimum absolute atomic E-state index is 0.186. The summed E-state index contributed by atoms with van der Waals surface area (Å²) < 4.78 is 0. The third kappa shape index (κ3) is 1.80. The third-order valence-corrected chi connectivity index (χ3v) is 5.69. The lowest BCUT2D eigenvalue weighted by Gasteiger charge is -2.55. The van der Waals surface area contributed by atoms with Crippen LogP contribution < -0.4 is 0 Å². The van der Waals surface area contributed by atoms with Crippen LogP contribution in [-0.2, 0) is 14.4 Å². The molecular formula is C16H24O4. The van der Waals surface area contributed by atoms with Crippen molar-refractivity contribution in [3.05, 3.63) is 0 Å². The van der Waals surface area contributed by atoms with Crippen LogP contribution in [0.25, 0.3) is 0 Å². The highest BCUT2D eigenvalue weighted by molar-refractivity contribution is 6.12. The van der Waals surface area contributed by atoms with E-state index in [4.69, 9.17) is 0 Å². The molecule has 0 aromatic rings. The van der Waals surface area contributed by atoms with Gasteiger partial charge in [0.2, 0.25) is 0 Å². The highest BCUT2D eigenvalue weighted by Gasteiger charge is 2.67. The summed E-state index contributed by atoms with van der Waals surface area (Å²) in [7, 11) is 0. The second-order valence-electron chi connectivity index (χ2n) is 6.53. The molecule has 0 spiro atoms. The molecule has 3 atom stereocenters. The van der Waals surface area contributed by atoms with Crippen LogP contribution >= 0.6 is 0 Å². The fourth-order valence-electron chi connectivity index (χ4n) is 4.83. The molecule has 20 heavy (non-hydrogen) atoms. The van der Waals surface area contributed by atoms with E-state index < -0.39 is 16.8 Å². The fraction of sp³-hybridized carbons (Fsp3) is 0.812. The Morgan fingerprint density at radius 2 is 1.45 bits per heavy atom. The van der Waals surface area contributed by atoms with Gasteiger partial charge in [-0.05, 0) is 51.9 Å². The van der Waals surface area contributed by atoms with Gasteiger partial charge in [-0.15, -0.1) is 0 Å². The molecule has 0 aliphatic heterocycles. The number of Topliss-reactive ketones (excluding diaryl/α,β-unsaturated/α-hetero) is 3. The van der Waals surface area contributed by atoms with Crippen molar-refractivity contribution < 1.29 is 19.5 Å². The first-order valence-corrected chi connectivity index (χ1v) is 7.54. The summed E-state index contributed by atoms with van der Waals surface area (Å²) >= 11 is 0. The molecule has 4 nitrogen and oxygen atoms in total. The Morgan fingerprint density at radius 3 is 1.95 bits per heavy atom. The number of carbonyl (C=O) groups excluding carboxylic acids is 3. The standard InChI is InChI=1S/C16H24O4/c1-10(17)15(20)9-8-13-6-4-5-7-14(13)16(15,11(2)18)12(3)19/h13-14,20H,4-9H2,1-3H3. The van der Waals surface area contributed by atoms with E-state index in [2.05, 4.69) is 0 Å². The average molecular weight is 280 g/mol. The fourth-order valence-corrected chi connectivity index (χ4v) is 4.83. The molecule has 0 saturated heterocycles. The summed E-state index contributed by atoms with van der Waals surface area (Å²) in [4.78, 5) is 36.9. The summed E-state index contributed by atoms with van der Waals surface area (Å²) in [5.74, 6) is -1.06. The van der Waals surface area contributed by atoms with Crippen molar-refractivity contribution in [2.75, 3.05) is 0 Å². The first-order valence-electron chi connectivity index (χ1n) is 7.54. The largest absolute Gasteiger partial charge is 0.381 e. The highest BCUT2D eigenvalue weighted by Crippen LogP contribution is 2.56. The van der Waals surface area contributed by atoms with E-state index in [-0.39, 0.29) is 29.8 Å². The summed E-state index contributed by atoms with van der Waals surface area (Å²) in [5.41, 5.74) is -3.34. The Bertz CT molecular complexity index is 439. The van der Waals surface area contributed by atoms with Gasteiger partial charge in [0.05, 0.1) is 0 Å². The molecule has 2 rings (SSSR count). The molecule has 0 radical (unpaired) electrons. The first kappa shape index (κ1) is 15.4. The van der Waals surface area contributed by atoms with Gasteiger partial charge in [0.25, 0.3) is 0 Å². The Kier molecular flexibility index (Phi) is 3.89. The van der Waals surface area contributed by atoms with E-state index in [9.17, 15) is 19.5 Å². The Morgan fingerprint density at radius 1 is 0.900 bits per heavy atom. The van der Waals surface area contributed by atoms with E-state index >= 15 is 0 Å². The van der Waals surface area contributed by atoms with Crippen molar-refractivity contribution in [2.45, 2.75) is 64.9 Å². The maximum atomic E-state index is 12.4. The molecule has 2 aliphatic carbocycles. The van der Waals surface area contributed by atoms with Crippen LogP contribution in [0.3, 0.4) is 0 Å². The minimum Gasteiger partial charge on any atom is -0.381 e. The van der Waals surface area contributed by atoms with E-state index in [1.54, 1.807) is 0 Å². The van der Waals surface area contributed by atoms with Crippen LogP contribution in [0.1, 0.15) is 59.3 Å². The molecule has 0 aromatic carbocycles. The van der Waals surface area contributed by atoms with Gasteiger partial charge in [-0.2, -0.15) is 0 Å². The lowest BCUT2D eigenvalue weighted by Crippen LogP contribution is -2.68. The zero-order chi connectivity index (χ0) is 15.1. The van der Waals surface area contributed by atoms with Crippen LogP contribution in [0.5, 0.6) is 0 Å². The van der Waals surface area contributed by atoms with E-state index in [0.29, 0.717) is 0 Å². The van der Waals surface area contributed by atoms with Crippen molar-refractivity contribution in [3.63, 3.8) is 0 Å². The Hall–Kier alpha value is -1.03. The lowest BCUT2D eigenvalue weighted by atomic mass is 9.47. The monoisotopic (exact) mass is 280 g/mol. The van der Waals surface area contributed by atoms with Gasteiger partial charge in [-0.25, -0.2) is 0 Å². The molecule has 112 valence electrons. The van der Waals surface area contributed by atoms with Crippen molar-refractivity contribution in [1.82, 2.24) is 0 Å². The van der Waals surface area contributed by atoms with Gasteiger partial charge < -0.3 is 5.11 Å². The molecule has 0 amide bonds. The summed E-state index contributed by atoms with van der Waals surface area (Å²) in [5, 5.41) is 10.9. The van der Waals surface area contributed by atoms with Crippen LogP contribution in [-0.4, -0.2) is 28.1 Å². The van der Waals surface area contributed by atoms with Crippen LogP contribution in [0, 0.1) is 17.3 Å². The smallest absolute Gasteiger partial charge is 0.162 e. The molecule has 1 N–H and O–H groups in total. The first-order chi connectivity index (χ1) is 9.28. The molecule has 2 fully saturated rings. The van der Waals surface area contributed by atoms with Crippen molar-refractivity contribution in [2.24, 2.45) is 17.3 Å². The lowest BCUT2D eigenvalue weighted by molar-refractivity contribution is -0.191. The van der Waals surface area contributed by atoms with Crippen molar-refractivity contribution in [1.29, 1.82) is 0 Å². The van der Waals surface area contributed by atoms with Gasteiger partial charge >= 0.3 is 0 Å². The topological polar surface area (TPSA) is 71.4 Å². The van der Waals surface area contributed by atoms with Gasteiger partial charge in [0.15, 0.2) is 5.78 Å². The maximum absolute atomic E-state index is 12.4. The van der Waals surface area contributed by atoms with Crippen molar-refractivity contribution >= 4 is 17.3 Å². The van der Waals surface area contributed by atoms with Gasteiger partial charge in [0.1, 0.15) is 22.6 Å². The number of hydrogen-bond donors (Lipinski definition) is 1. The van der Waals surface area contributed by atoms with E-state index in [0.717, 1.165) is 32.1 Å². The molecule has 0 aromatic heterocycles. The number of ketones is 3. The predicted octanol–water partition coefficient (Wildman–Crippen LogP) is 2.07. The summed E-state index contributed by atoms with van der Waals surface area (Å²) in [6.07, 6.45) is 4.75. The number of carbonyl (C=O) groups is 3. The number of fused-ring (bicyclic) bond motifs is 1. The Labute approximate surface area is 119 Å².